The zero-order chi connectivity index (χ0) is 16.7. The first-order valence-electron chi connectivity index (χ1n) is 7.16. The van der Waals surface area contributed by atoms with E-state index in [9.17, 15) is 13.2 Å². The van der Waals surface area contributed by atoms with E-state index in [4.69, 9.17) is 8.83 Å². The van der Waals surface area contributed by atoms with Crippen LogP contribution in [0.5, 0.6) is 0 Å². The molecule has 122 valence electrons. The molecule has 0 aliphatic carbocycles. The summed E-state index contributed by atoms with van der Waals surface area (Å²) in [4.78, 5) is 4.34. The highest BCUT2D eigenvalue weighted by Gasteiger charge is 2.31. The van der Waals surface area contributed by atoms with Crippen LogP contribution in [0, 0.1) is 0 Å². The molecule has 0 saturated carbocycles. The molecule has 24 heavy (non-hydrogen) atoms. The van der Waals surface area contributed by atoms with E-state index in [-0.39, 0.29) is 5.52 Å². The van der Waals surface area contributed by atoms with Crippen LogP contribution in [0.3, 0.4) is 0 Å². The van der Waals surface area contributed by atoms with Crippen molar-refractivity contribution in [3.05, 3.63) is 66.3 Å². The van der Waals surface area contributed by atoms with Crippen LogP contribution in [0.2, 0.25) is 0 Å². The minimum Gasteiger partial charge on any atom is -0.467 e. The van der Waals surface area contributed by atoms with Gasteiger partial charge in [0.25, 0.3) is 0 Å². The zero-order valence-corrected chi connectivity index (χ0v) is 12.2. The molecule has 0 fully saturated rings. The Labute approximate surface area is 134 Å². The van der Waals surface area contributed by atoms with Crippen LogP contribution in [0.1, 0.15) is 11.3 Å². The van der Waals surface area contributed by atoms with Crippen molar-refractivity contribution in [2.24, 2.45) is 0 Å². The number of benzene rings is 1. The Morgan fingerprint density at radius 3 is 2.46 bits per heavy atom. The van der Waals surface area contributed by atoms with Crippen LogP contribution in [0.4, 0.5) is 13.2 Å². The maximum absolute atomic E-state index is 12.9. The van der Waals surface area contributed by atoms with Gasteiger partial charge in [0.2, 0.25) is 0 Å². The van der Waals surface area contributed by atoms with Gasteiger partial charge in [-0.15, -0.1) is 0 Å². The molecule has 1 aromatic carbocycles. The summed E-state index contributed by atoms with van der Waals surface area (Å²) in [6.45, 7) is 0.338. The van der Waals surface area contributed by atoms with Gasteiger partial charge < -0.3 is 13.4 Å². The smallest absolute Gasteiger partial charge is 0.416 e. The molecule has 0 radical (unpaired) electrons. The Morgan fingerprint density at radius 2 is 1.79 bits per heavy atom. The van der Waals surface area contributed by atoms with E-state index in [2.05, 4.69) is 4.98 Å². The van der Waals surface area contributed by atoms with E-state index in [1.165, 1.54) is 12.3 Å². The maximum atomic E-state index is 12.9. The second kappa shape index (κ2) is 5.30. The highest BCUT2D eigenvalue weighted by atomic mass is 19.4. The number of hydrogen-bond donors (Lipinski definition) is 0. The summed E-state index contributed by atoms with van der Waals surface area (Å²) in [6, 6.07) is 10.5. The van der Waals surface area contributed by atoms with Gasteiger partial charge in [-0.3, -0.25) is 0 Å². The second-order valence-electron chi connectivity index (χ2n) is 5.28. The molecule has 7 heteroatoms. The Morgan fingerprint density at radius 1 is 1.00 bits per heavy atom. The van der Waals surface area contributed by atoms with Gasteiger partial charge in [-0.1, -0.05) is 0 Å². The van der Waals surface area contributed by atoms with Gasteiger partial charge in [-0.2, -0.15) is 13.2 Å². The van der Waals surface area contributed by atoms with Crippen LogP contribution >= 0.6 is 0 Å². The van der Waals surface area contributed by atoms with Gasteiger partial charge >= 0.3 is 6.18 Å². The molecular formula is C17H11F3N2O2. The molecule has 0 atom stereocenters. The van der Waals surface area contributed by atoms with Crippen molar-refractivity contribution in [1.29, 1.82) is 0 Å². The zero-order valence-electron chi connectivity index (χ0n) is 12.2. The topological polar surface area (TPSA) is 44.1 Å². The molecular weight excluding hydrogens is 321 g/mol. The van der Waals surface area contributed by atoms with Crippen molar-refractivity contribution in [3.8, 4) is 11.6 Å². The van der Waals surface area contributed by atoms with E-state index in [1.54, 1.807) is 35.1 Å². The molecule has 0 N–H and O–H groups in total. The lowest BCUT2D eigenvalue weighted by Gasteiger charge is -2.08. The SMILES string of the molecule is FC(F)(F)c1ccc2c(c1)nc(-c1ccco1)n2Cc1ccco1. The molecule has 0 bridgehead atoms. The van der Waals surface area contributed by atoms with E-state index < -0.39 is 11.7 Å². The molecule has 4 rings (SSSR count). The monoisotopic (exact) mass is 332 g/mol. The van der Waals surface area contributed by atoms with Gasteiger partial charge in [0.1, 0.15) is 5.76 Å². The molecule has 0 aliphatic rings. The number of halogens is 3. The number of rotatable bonds is 3. The van der Waals surface area contributed by atoms with Gasteiger partial charge in [0, 0.05) is 0 Å². The van der Waals surface area contributed by atoms with Crippen molar-refractivity contribution >= 4 is 11.0 Å². The van der Waals surface area contributed by atoms with Crippen molar-refractivity contribution in [2.75, 3.05) is 0 Å². The number of imidazole rings is 1. The van der Waals surface area contributed by atoms with E-state index in [1.807, 2.05) is 0 Å². The van der Waals surface area contributed by atoms with Crippen molar-refractivity contribution in [1.82, 2.24) is 9.55 Å². The highest BCUT2D eigenvalue weighted by Crippen LogP contribution is 2.33. The molecule has 0 saturated heterocycles. The van der Waals surface area contributed by atoms with Crippen LogP contribution in [-0.4, -0.2) is 9.55 Å². The third-order valence-corrected chi connectivity index (χ3v) is 3.71. The lowest BCUT2D eigenvalue weighted by Crippen LogP contribution is -2.05. The first kappa shape index (κ1) is 14.6. The number of fused-ring (bicyclic) bond motifs is 1. The average Bonchev–Trinajstić information content (AvgIpc) is 3.27. The van der Waals surface area contributed by atoms with Crippen LogP contribution in [0.15, 0.2) is 63.8 Å². The van der Waals surface area contributed by atoms with Crippen molar-refractivity contribution in [2.45, 2.75) is 12.7 Å². The molecule has 3 aromatic heterocycles. The molecule has 4 nitrogen and oxygen atoms in total. The quantitative estimate of drug-likeness (QED) is 0.533. The Balaban J connectivity index is 1.91. The summed E-state index contributed by atoms with van der Waals surface area (Å²) in [5, 5.41) is 0. The predicted octanol–water partition coefficient (Wildman–Crippen LogP) is 4.96. The second-order valence-corrected chi connectivity index (χ2v) is 5.28. The number of alkyl halides is 3. The van der Waals surface area contributed by atoms with Gasteiger partial charge in [-0.25, -0.2) is 4.98 Å². The first-order chi connectivity index (χ1) is 11.5. The molecule has 0 spiro atoms. The number of nitrogens with zero attached hydrogens (tertiary/aromatic N) is 2. The van der Waals surface area contributed by atoms with Crippen LogP contribution in [0.25, 0.3) is 22.6 Å². The Bertz CT molecular complexity index is 968. The third kappa shape index (κ3) is 2.47. The summed E-state index contributed by atoms with van der Waals surface area (Å²) in [7, 11) is 0. The molecule has 4 aromatic rings. The van der Waals surface area contributed by atoms with Gasteiger partial charge in [-0.05, 0) is 42.5 Å². The summed E-state index contributed by atoms with van der Waals surface area (Å²) in [6.07, 6.45) is -1.38. The largest absolute Gasteiger partial charge is 0.467 e. The minimum atomic E-state index is -4.41. The standard InChI is InChI=1S/C17H11F3N2O2/c18-17(19,20)11-5-6-14-13(9-11)21-16(15-4-2-8-24-15)22(14)10-12-3-1-7-23-12/h1-9H,10H2. The Kier molecular flexibility index (Phi) is 3.23. The van der Waals surface area contributed by atoms with Crippen LogP contribution in [-0.2, 0) is 12.7 Å². The van der Waals surface area contributed by atoms with E-state index in [0.29, 0.717) is 29.4 Å². The number of hydrogen-bond acceptors (Lipinski definition) is 3. The molecule has 3 heterocycles. The summed E-state index contributed by atoms with van der Waals surface area (Å²) < 4.78 is 51.3. The number of aromatic nitrogens is 2. The lowest BCUT2D eigenvalue weighted by atomic mass is 10.2. The van der Waals surface area contributed by atoms with Gasteiger partial charge in [0.05, 0.1) is 35.7 Å². The van der Waals surface area contributed by atoms with E-state index >= 15 is 0 Å². The maximum Gasteiger partial charge on any atom is 0.416 e. The fraction of sp³-hybridized carbons (Fsp3) is 0.118. The highest BCUT2D eigenvalue weighted by molar-refractivity contribution is 5.80. The predicted molar refractivity (Wildman–Crippen MR) is 80.2 cm³/mol. The normalized spacial score (nSPS) is 12.1. The molecule has 0 amide bonds. The minimum absolute atomic E-state index is 0.253. The van der Waals surface area contributed by atoms with E-state index in [0.717, 1.165) is 12.1 Å². The van der Waals surface area contributed by atoms with Crippen molar-refractivity contribution in [3.63, 3.8) is 0 Å². The first-order valence-corrected chi connectivity index (χ1v) is 7.16. The summed E-state index contributed by atoms with van der Waals surface area (Å²) >= 11 is 0. The number of furan rings is 2. The molecule has 0 unspecified atom stereocenters. The lowest BCUT2D eigenvalue weighted by molar-refractivity contribution is -0.137. The third-order valence-electron chi connectivity index (χ3n) is 3.71. The fourth-order valence-electron chi connectivity index (χ4n) is 2.62. The summed E-state index contributed by atoms with van der Waals surface area (Å²) in [5.74, 6) is 1.60. The van der Waals surface area contributed by atoms with Crippen LogP contribution < -0.4 is 0 Å². The fourth-order valence-corrected chi connectivity index (χ4v) is 2.62. The van der Waals surface area contributed by atoms with Crippen molar-refractivity contribution < 1.29 is 22.0 Å². The Hall–Kier alpha value is -2.96. The molecule has 0 aliphatic heterocycles. The average molecular weight is 332 g/mol. The van der Waals surface area contributed by atoms with Gasteiger partial charge in [0.15, 0.2) is 11.6 Å². The summed E-state index contributed by atoms with van der Waals surface area (Å²) in [5.41, 5.74) is 0.0947.